The van der Waals surface area contributed by atoms with Gasteiger partial charge in [-0.05, 0) is 25.1 Å². The zero-order chi connectivity index (χ0) is 18.7. The number of amides is 2. The molecule has 1 aliphatic heterocycles. The predicted molar refractivity (Wildman–Crippen MR) is 95.7 cm³/mol. The number of aromatic amines is 1. The molecule has 0 saturated heterocycles. The van der Waals surface area contributed by atoms with E-state index in [4.69, 9.17) is 0 Å². The van der Waals surface area contributed by atoms with Gasteiger partial charge >= 0.3 is 6.09 Å². The summed E-state index contributed by atoms with van der Waals surface area (Å²) in [6.07, 6.45) is 5.67. The number of fused-ring (bicyclic) bond motifs is 1. The highest BCUT2D eigenvalue weighted by Crippen LogP contribution is 2.37. The number of hydrogen-bond donors (Lipinski definition) is 3. The predicted octanol–water partition coefficient (Wildman–Crippen LogP) is 2.72. The van der Waals surface area contributed by atoms with Crippen LogP contribution in [0.5, 0.6) is 0 Å². The number of aryl methyl sites for hydroxylation is 1. The number of alkyl carbamates (subject to hydrolysis) is 1. The quantitative estimate of drug-likeness (QED) is 0.734. The number of nitrogens with one attached hydrogen (secondary N) is 3. The molecule has 26 heavy (non-hydrogen) atoms. The van der Waals surface area contributed by atoms with Crippen molar-refractivity contribution in [2.24, 2.45) is 0 Å². The van der Waals surface area contributed by atoms with Crippen molar-refractivity contribution in [1.29, 1.82) is 0 Å². The molecule has 3 rings (SSSR count). The molecule has 0 saturated carbocycles. The lowest BCUT2D eigenvalue weighted by molar-refractivity contribution is -0.110. The van der Waals surface area contributed by atoms with Crippen molar-refractivity contribution in [3.05, 3.63) is 52.9 Å². The topological polar surface area (TPSA) is 96.1 Å². The lowest BCUT2D eigenvalue weighted by atomic mass is 9.98. The van der Waals surface area contributed by atoms with Gasteiger partial charge in [-0.2, -0.15) is 0 Å². The van der Waals surface area contributed by atoms with Gasteiger partial charge in [-0.25, -0.2) is 14.2 Å². The summed E-state index contributed by atoms with van der Waals surface area (Å²) in [6.45, 7) is 1.99. The van der Waals surface area contributed by atoms with Crippen molar-refractivity contribution in [1.82, 2.24) is 15.3 Å². The van der Waals surface area contributed by atoms with Gasteiger partial charge in [-0.3, -0.25) is 4.79 Å². The molecule has 1 aliphatic rings. The third kappa shape index (κ3) is 3.34. The van der Waals surface area contributed by atoms with Crippen LogP contribution >= 0.6 is 0 Å². The number of aromatic nitrogens is 2. The van der Waals surface area contributed by atoms with Crippen LogP contribution in [0.4, 0.5) is 14.9 Å². The van der Waals surface area contributed by atoms with Gasteiger partial charge < -0.3 is 20.4 Å². The average Bonchev–Trinajstić information content (AvgIpc) is 3.17. The second-order valence-electron chi connectivity index (χ2n) is 5.58. The summed E-state index contributed by atoms with van der Waals surface area (Å²) in [5.74, 6) is -0.797. The number of hydrogen-bond acceptors (Lipinski definition) is 4. The van der Waals surface area contributed by atoms with Gasteiger partial charge in [0, 0.05) is 29.1 Å². The van der Waals surface area contributed by atoms with E-state index in [0.29, 0.717) is 22.5 Å². The molecule has 7 nitrogen and oxygen atoms in total. The normalized spacial score (nSPS) is 14.6. The standard InChI is InChI=1S/C18H17FN4O3/c1-10-15(22-9-21-10)8-12-16-11(4-3-7-20-18(25)26-2)13(19)5-6-14(16)23-17(12)24/h3-6,8-9H,7H2,1-2H3,(H,20,25)(H,21,22)(H,23,24)/b4-3+,12-8-. The zero-order valence-electron chi connectivity index (χ0n) is 14.2. The van der Waals surface area contributed by atoms with Crippen LogP contribution in [-0.2, 0) is 9.53 Å². The lowest BCUT2D eigenvalue weighted by Crippen LogP contribution is -2.22. The molecule has 3 N–H and O–H groups in total. The fourth-order valence-electron chi connectivity index (χ4n) is 2.64. The highest BCUT2D eigenvalue weighted by atomic mass is 19.1. The number of halogens is 1. The molecule has 0 radical (unpaired) electrons. The second-order valence-corrected chi connectivity index (χ2v) is 5.58. The van der Waals surface area contributed by atoms with Gasteiger partial charge in [0.1, 0.15) is 5.82 Å². The maximum atomic E-state index is 14.4. The number of H-pyrrole nitrogens is 1. The smallest absolute Gasteiger partial charge is 0.407 e. The van der Waals surface area contributed by atoms with Crippen LogP contribution in [0.2, 0.25) is 0 Å². The molecule has 2 heterocycles. The Bertz CT molecular complexity index is 931. The van der Waals surface area contributed by atoms with Crippen molar-refractivity contribution in [3.63, 3.8) is 0 Å². The van der Waals surface area contributed by atoms with E-state index >= 15 is 0 Å². The van der Waals surface area contributed by atoms with Gasteiger partial charge in [-0.15, -0.1) is 0 Å². The third-order valence-corrected chi connectivity index (χ3v) is 3.94. The molecule has 2 aromatic rings. The van der Waals surface area contributed by atoms with E-state index in [1.165, 1.54) is 31.6 Å². The number of benzene rings is 1. The first-order chi connectivity index (χ1) is 12.5. The first-order valence-corrected chi connectivity index (χ1v) is 7.85. The minimum atomic E-state index is -0.583. The summed E-state index contributed by atoms with van der Waals surface area (Å²) in [5.41, 5.74) is 2.98. The Morgan fingerprint density at radius 2 is 2.23 bits per heavy atom. The molecule has 134 valence electrons. The number of rotatable bonds is 4. The van der Waals surface area contributed by atoms with Crippen LogP contribution in [0.15, 0.2) is 24.5 Å². The monoisotopic (exact) mass is 356 g/mol. The number of ether oxygens (including phenoxy) is 1. The summed E-state index contributed by atoms with van der Waals surface area (Å²) in [7, 11) is 1.26. The molecule has 0 fully saturated rings. The van der Waals surface area contributed by atoms with Crippen LogP contribution in [0.1, 0.15) is 22.5 Å². The largest absolute Gasteiger partial charge is 0.453 e. The number of anilines is 1. The van der Waals surface area contributed by atoms with E-state index in [2.05, 4.69) is 25.3 Å². The summed E-state index contributed by atoms with van der Waals surface area (Å²) in [6, 6.07) is 2.81. The Morgan fingerprint density at radius 3 is 2.92 bits per heavy atom. The van der Waals surface area contributed by atoms with Gasteiger partial charge in [0.25, 0.3) is 5.91 Å². The summed E-state index contributed by atoms with van der Waals surface area (Å²) in [5, 5.41) is 5.20. The van der Waals surface area contributed by atoms with Crippen molar-refractivity contribution >= 4 is 35.4 Å². The molecular weight excluding hydrogens is 339 g/mol. The van der Waals surface area contributed by atoms with Gasteiger partial charge in [0.15, 0.2) is 0 Å². The fourth-order valence-corrected chi connectivity index (χ4v) is 2.64. The van der Waals surface area contributed by atoms with Crippen molar-refractivity contribution in [2.45, 2.75) is 6.92 Å². The van der Waals surface area contributed by atoms with Crippen molar-refractivity contribution in [3.8, 4) is 0 Å². The van der Waals surface area contributed by atoms with Crippen molar-refractivity contribution in [2.75, 3.05) is 19.0 Å². The van der Waals surface area contributed by atoms with Crippen LogP contribution < -0.4 is 10.6 Å². The molecule has 2 amide bonds. The Balaban J connectivity index is 1.98. The van der Waals surface area contributed by atoms with Gasteiger partial charge in [-0.1, -0.05) is 12.2 Å². The number of carbonyl (C=O) groups is 2. The minimum absolute atomic E-state index is 0.161. The first kappa shape index (κ1) is 17.4. The van der Waals surface area contributed by atoms with E-state index in [1.807, 2.05) is 6.92 Å². The maximum absolute atomic E-state index is 14.4. The average molecular weight is 356 g/mol. The van der Waals surface area contributed by atoms with E-state index < -0.39 is 11.9 Å². The number of methoxy groups -OCH3 is 1. The van der Waals surface area contributed by atoms with Crippen LogP contribution in [0, 0.1) is 12.7 Å². The van der Waals surface area contributed by atoms with E-state index in [-0.39, 0.29) is 18.0 Å². The van der Waals surface area contributed by atoms with Gasteiger partial charge in [0.2, 0.25) is 0 Å². The summed E-state index contributed by atoms with van der Waals surface area (Å²) < 4.78 is 18.9. The summed E-state index contributed by atoms with van der Waals surface area (Å²) in [4.78, 5) is 30.5. The molecule has 0 aliphatic carbocycles. The molecule has 1 aromatic carbocycles. The highest BCUT2D eigenvalue weighted by Gasteiger charge is 2.28. The molecule has 0 bridgehead atoms. The molecule has 1 aromatic heterocycles. The lowest BCUT2D eigenvalue weighted by Gasteiger charge is -2.06. The molecule has 0 unspecified atom stereocenters. The molecule has 8 heteroatoms. The van der Waals surface area contributed by atoms with Crippen LogP contribution in [0.25, 0.3) is 17.7 Å². The molecular formula is C18H17FN4O3. The Morgan fingerprint density at radius 1 is 1.42 bits per heavy atom. The zero-order valence-corrected chi connectivity index (χ0v) is 14.2. The number of carbonyl (C=O) groups excluding carboxylic acids is 2. The van der Waals surface area contributed by atoms with E-state index in [1.54, 1.807) is 12.2 Å². The second kappa shape index (κ2) is 7.22. The third-order valence-electron chi connectivity index (χ3n) is 3.94. The maximum Gasteiger partial charge on any atom is 0.407 e. The van der Waals surface area contributed by atoms with Gasteiger partial charge in [0.05, 0.1) is 24.7 Å². The minimum Gasteiger partial charge on any atom is -0.453 e. The highest BCUT2D eigenvalue weighted by molar-refractivity contribution is 6.35. The van der Waals surface area contributed by atoms with E-state index in [0.717, 1.165) is 5.69 Å². The molecule has 0 spiro atoms. The number of nitrogens with zero attached hydrogens (tertiary/aromatic N) is 1. The Labute approximate surface area is 149 Å². The SMILES string of the molecule is COC(=O)NC/C=C/c1c(F)ccc2c1/C(=C/c1nc[nH]c1C)C(=O)N2. The van der Waals surface area contributed by atoms with Crippen LogP contribution in [-0.4, -0.2) is 35.6 Å². The number of imidazole rings is 1. The van der Waals surface area contributed by atoms with Crippen LogP contribution in [0.3, 0.4) is 0 Å². The molecule has 0 atom stereocenters. The Hall–Kier alpha value is -3.42. The Kier molecular flexibility index (Phi) is 4.83. The van der Waals surface area contributed by atoms with Crippen molar-refractivity contribution < 1.29 is 18.7 Å². The fraction of sp³-hybridized carbons (Fsp3) is 0.167. The van der Waals surface area contributed by atoms with E-state index in [9.17, 15) is 14.0 Å². The first-order valence-electron chi connectivity index (χ1n) is 7.85. The summed E-state index contributed by atoms with van der Waals surface area (Å²) >= 11 is 0.